The molecule has 0 spiro atoms. The second-order valence-corrected chi connectivity index (χ2v) is 4.16. The maximum Gasteiger partial charge on any atom is 0.0978 e. The standard InChI is InChI=1S/C11H17O/c1-10(2,3)11(12-4)8-6-5-7-9-11/h5-9H,1-4H3. The Morgan fingerprint density at radius 1 is 1.08 bits per heavy atom. The van der Waals surface area contributed by atoms with Crippen LogP contribution in [0.5, 0.6) is 0 Å². The van der Waals surface area contributed by atoms with E-state index in [9.17, 15) is 0 Å². The SMILES string of the molecule is COC1(C(C)(C)C)[CH]C=CC=C1. The predicted molar refractivity (Wildman–Crippen MR) is 51.8 cm³/mol. The molecule has 0 saturated carbocycles. The molecular weight excluding hydrogens is 148 g/mol. The fourth-order valence-electron chi connectivity index (χ4n) is 1.46. The molecule has 1 unspecified atom stereocenters. The van der Waals surface area contributed by atoms with Crippen molar-refractivity contribution >= 4 is 0 Å². The maximum absolute atomic E-state index is 5.55. The third-order valence-corrected chi connectivity index (χ3v) is 2.42. The second-order valence-electron chi connectivity index (χ2n) is 4.16. The molecule has 0 aromatic heterocycles. The van der Waals surface area contributed by atoms with Gasteiger partial charge in [0.05, 0.1) is 5.60 Å². The van der Waals surface area contributed by atoms with Crippen LogP contribution >= 0.6 is 0 Å². The summed E-state index contributed by atoms with van der Waals surface area (Å²) < 4.78 is 5.55. The van der Waals surface area contributed by atoms with Crippen LogP contribution in [0.3, 0.4) is 0 Å². The molecule has 0 bridgehead atoms. The van der Waals surface area contributed by atoms with E-state index in [-0.39, 0.29) is 11.0 Å². The van der Waals surface area contributed by atoms with Crippen LogP contribution in [0.4, 0.5) is 0 Å². The molecule has 1 radical (unpaired) electrons. The number of ether oxygens (including phenoxy) is 1. The lowest BCUT2D eigenvalue weighted by Crippen LogP contribution is -2.43. The van der Waals surface area contributed by atoms with E-state index < -0.39 is 0 Å². The molecule has 0 heterocycles. The molecule has 0 aliphatic heterocycles. The molecule has 1 heteroatoms. The fourth-order valence-corrected chi connectivity index (χ4v) is 1.46. The summed E-state index contributed by atoms with van der Waals surface area (Å²) in [7, 11) is 1.76. The van der Waals surface area contributed by atoms with E-state index in [1.807, 2.05) is 18.2 Å². The molecule has 1 rings (SSSR count). The van der Waals surface area contributed by atoms with Crippen molar-refractivity contribution in [3.05, 3.63) is 30.7 Å². The molecule has 0 amide bonds. The normalized spacial score (nSPS) is 29.3. The highest BCUT2D eigenvalue weighted by Crippen LogP contribution is 2.38. The van der Waals surface area contributed by atoms with Gasteiger partial charge in [-0.05, 0) is 5.41 Å². The number of hydrogen-bond acceptors (Lipinski definition) is 1. The minimum Gasteiger partial charge on any atom is -0.373 e. The molecule has 1 aliphatic carbocycles. The molecule has 0 N–H and O–H groups in total. The van der Waals surface area contributed by atoms with E-state index in [0.29, 0.717) is 0 Å². The Morgan fingerprint density at radius 3 is 2.00 bits per heavy atom. The van der Waals surface area contributed by atoms with E-state index in [4.69, 9.17) is 4.74 Å². The zero-order valence-electron chi connectivity index (χ0n) is 8.29. The average molecular weight is 165 g/mol. The topological polar surface area (TPSA) is 9.23 Å². The van der Waals surface area contributed by atoms with Crippen molar-refractivity contribution in [3.63, 3.8) is 0 Å². The summed E-state index contributed by atoms with van der Waals surface area (Å²) in [5.74, 6) is 0. The molecule has 1 atom stereocenters. The van der Waals surface area contributed by atoms with Crippen LogP contribution in [0.25, 0.3) is 0 Å². The predicted octanol–water partition coefficient (Wildman–Crippen LogP) is 2.75. The van der Waals surface area contributed by atoms with Crippen molar-refractivity contribution in [3.8, 4) is 0 Å². The van der Waals surface area contributed by atoms with Gasteiger partial charge in [0.15, 0.2) is 0 Å². The van der Waals surface area contributed by atoms with Gasteiger partial charge in [0.1, 0.15) is 0 Å². The van der Waals surface area contributed by atoms with Crippen LogP contribution in [-0.2, 0) is 4.74 Å². The van der Waals surface area contributed by atoms with Gasteiger partial charge in [0.25, 0.3) is 0 Å². The number of methoxy groups -OCH3 is 1. The Hall–Kier alpha value is -0.560. The van der Waals surface area contributed by atoms with Crippen LogP contribution in [0, 0.1) is 11.8 Å². The lowest BCUT2D eigenvalue weighted by atomic mass is 9.73. The molecule has 1 aliphatic rings. The van der Waals surface area contributed by atoms with E-state index in [1.165, 1.54) is 0 Å². The summed E-state index contributed by atoms with van der Waals surface area (Å²) in [6.07, 6.45) is 10.3. The summed E-state index contributed by atoms with van der Waals surface area (Å²) >= 11 is 0. The summed E-state index contributed by atoms with van der Waals surface area (Å²) in [4.78, 5) is 0. The third-order valence-electron chi connectivity index (χ3n) is 2.42. The summed E-state index contributed by atoms with van der Waals surface area (Å²) in [5.41, 5.74) is -0.134. The molecule has 0 aromatic carbocycles. The van der Waals surface area contributed by atoms with Gasteiger partial charge >= 0.3 is 0 Å². The minimum atomic E-state index is -0.234. The van der Waals surface area contributed by atoms with Gasteiger partial charge in [0.2, 0.25) is 0 Å². The highest BCUT2D eigenvalue weighted by atomic mass is 16.5. The minimum absolute atomic E-state index is 0.100. The van der Waals surface area contributed by atoms with Crippen molar-refractivity contribution in [1.82, 2.24) is 0 Å². The number of allylic oxidation sites excluding steroid dienone is 2. The van der Waals surface area contributed by atoms with Crippen LogP contribution in [0.2, 0.25) is 0 Å². The van der Waals surface area contributed by atoms with E-state index >= 15 is 0 Å². The van der Waals surface area contributed by atoms with Crippen LogP contribution in [0.1, 0.15) is 20.8 Å². The monoisotopic (exact) mass is 165 g/mol. The number of rotatable bonds is 1. The van der Waals surface area contributed by atoms with Gasteiger partial charge in [-0.1, -0.05) is 45.1 Å². The van der Waals surface area contributed by atoms with Crippen molar-refractivity contribution < 1.29 is 4.74 Å². The molecule has 0 saturated heterocycles. The zero-order chi connectivity index (χ0) is 9.24. The molecule has 67 valence electrons. The number of hydrogen-bond donors (Lipinski definition) is 0. The third kappa shape index (κ3) is 1.46. The van der Waals surface area contributed by atoms with Gasteiger partial charge in [-0.2, -0.15) is 0 Å². The summed E-state index contributed by atoms with van der Waals surface area (Å²) in [6, 6.07) is 0. The summed E-state index contributed by atoms with van der Waals surface area (Å²) in [5, 5.41) is 0. The van der Waals surface area contributed by atoms with Gasteiger partial charge < -0.3 is 4.74 Å². The van der Waals surface area contributed by atoms with E-state index in [0.717, 1.165) is 0 Å². The Bertz CT molecular complexity index is 208. The van der Waals surface area contributed by atoms with E-state index in [2.05, 4.69) is 33.3 Å². The molecule has 12 heavy (non-hydrogen) atoms. The van der Waals surface area contributed by atoms with Crippen molar-refractivity contribution in [1.29, 1.82) is 0 Å². The largest absolute Gasteiger partial charge is 0.373 e. The molecular formula is C11H17O. The van der Waals surface area contributed by atoms with Gasteiger partial charge in [0, 0.05) is 13.5 Å². The zero-order valence-corrected chi connectivity index (χ0v) is 8.29. The van der Waals surface area contributed by atoms with Gasteiger partial charge in [-0.25, -0.2) is 0 Å². The highest BCUT2D eigenvalue weighted by molar-refractivity contribution is 5.30. The van der Waals surface area contributed by atoms with Gasteiger partial charge in [-0.3, -0.25) is 0 Å². The molecule has 0 fully saturated rings. The van der Waals surface area contributed by atoms with Crippen molar-refractivity contribution in [2.75, 3.05) is 7.11 Å². The van der Waals surface area contributed by atoms with Crippen LogP contribution in [-0.4, -0.2) is 12.7 Å². The maximum atomic E-state index is 5.55. The first kappa shape index (κ1) is 9.53. The fraction of sp³-hybridized carbons (Fsp3) is 0.545. The molecule has 0 aromatic rings. The lowest BCUT2D eigenvalue weighted by Gasteiger charge is -2.41. The first-order valence-corrected chi connectivity index (χ1v) is 4.27. The van der Waals surface area contributed by atoms with Crippen molar-refractivity contribution in [2.45, 2.75) is 26.4 Å². The van der Waals surface area contributed by atoms with Crippen LogP contribution < -0.4 is 0 Å². The first-order chi connectivity index (χ1) is 5.52. The lowest BCUT2D eigenvalue weighted by molar-refractivity contribution is -0.0236. The Kier molecular flexibility index (Phi) is 2.43. The first-order valence-electron chi connectivity index (χ1n) is 4.27. The smallest absolute Gasteiger partial charge is 0.0978 e. The van der Waals surface area contributed by atoms with Crippen LogP contribution in [0.15, 0.2) is 24.3 Å². The Morgan fingerprint density at radius 2 is 1.75 bits per heavy atom. The second kappa shape index (κ2) is 3.06. The quantitative estimate of drug-likeness (QED) is 0.580. The van der Waals surface area contributed by atoms with Crippen molar-refractivity contribution in [2.24, 2.45) is 5.41 Å². The Balaban J connectivity index is 2.91. The average Bonchev–Trinajstić information content (AvgIpc) is 2.04. The Labute approximate surface area is 75.1 Å². The molecule has 1 nitrogen and oxygen atoms in total. The van der Waals surface area contributed by atoms with Gasteiger partial charge in [-0.15, -0.1) is 0 Å². The summed E-state index contributed by atoms with van der Waals surface area (Å²) in [6.45, 7) is 6.53. The highest BCUT2D eigenvalue weighted by Gasteiger charge is 2.39. The van der Waals surface area contributed by atoms with E-state index in [1.54, 1.807) is 7.11 Å².